The zero-order valence-corrected chi connectivity index (χ0v) is 13.1. The lowest BCUT2D eigenvalue weighted by atomic mass is 10.0. The number of likely N-dealkylation sites (N-methyl/N-ethyl adjacent to an activating group) is 2. The molecule has 4 heteroatoms. The molecule has 1 aliphatic heterocycles. The first kappa shape index (κ1) is 15.5. The number of hydrogen-bond donors (Lipinski definition) is 0. The number of nitrogens with zero attached hydrogens (tertiary/aromatic N) is 2. The molecule has 1 aromatic rings. The van der Waals surface area contributed by atoms with E-state index in [4.69, 9.17) is 11.6 Å². The molecule has 110 valence electrons. The average molecular weight is 295 g/mol. The number of carbonyl (C=O) groups is 1. The van der Waals surface area contributed by atoms with Gasteiger partial charge in [-0.05, 0) is 45.6 Å². The molecule has 2 rings (SSSR count). The summed E-state index contributed by atoms with van der Waals surface area (Å²) in [6.45, 7) is 3.07. The summed E-state index contributed by atoms with van der Waals surface area (Å²) >= 11 is 6.06. The summed E-state index contributed by atoms with van der Waals surface area (Å²) in [6.07, 6.45) is 2.99. The fourth-order valence-electron chi connectivity index (χ4n) is 2.78. The van der Waals surface area contributed by atoms with Crippen molar-refractivity contribution in [3.8, 4) is 0 Å². The van der Waals surface area contributed by atoms with Crippen molar-refractivity contribution in [2.75, 3.05) is 33.7 Å². The highest BCUT2D eigenvalue weighted by Crippen LogP contribution is 2.18. The van der Waals surface area contributed by atoms with Gasteiger partial charge >= 0.3 is 0 Å². The van der Waals surface area contributed by atoms with Gasteiger partial charge in [0.2, 0.25) is 0 Å². The van der Waals surface area contributed by atoms with Crippen molar-refractivity contribution in [2.45, 2.75) is 25.3 Å². The molecular weight excluding hydrogens is 272 g/mol. The molecule has 20 heavy (non-hydrogen) atoms. The molecule has 0 saturated carbocycles. The molecule has 1 atom stereocenters. The topological polar surface area (TPSA) is 23.6 Å². The van der Waals surface area contributed by atoms with E-state index < -0.39 is 0 Å². The third-order valence-electron chi connectivity index (χ3n) is 4.09. The molecule has 1 heterocycles. The van der Waals surface area contributed by atoms with Crippen LogP contribution in [0.1, 0.15) is 29.6 Å². The Kier molecular flexibility index (Phi) is 5.58. The van der Waals surface area contributed by atoms with E-state index in [1.165, 1.54) is 19.4 Å². The van der Waals surface area contributed by atoms with E-state index in [-0.39, 0.29) is 5.78 Å². The number of carbonyl (C=O) groups excluding carboxylic acids is 1. The Morgan fingerprint density at radius 3 is 2.90 bits per heavy atom. The second kappa shape index (κ2) is 7.21. The minimum atomic E-state index is 0.131. The van der Waals surface area contributed by atoms with E-state index in [0.717, 1.165) is 13.1 Å². The van der Waals surface area contributed by atoms with Crippen LogP contribution < -0.4 is 0 Å². The van der Waals surface area contributed by atoms with E-state index in [2.05, 4.69) is 23.9 Å². The summed E-state index contributed by atoms with van der Waals surface area (Å²) in [6, 6.07) is 7.85. The third-order valence-corrected chi connectivity index (χ3v) is 4.42. The first-order valence-electron chi connectivity index (χ1n) is 7.24. The lowest BCUT2D eigenvalue weighted by molar-refractivity contribution is 0.0932. The molecule has 0 N–H and O–H groups in total. The van der Waals surface area contributed by atoms with Gasteiger partial charge in [-0.1, -0.05) is 23.7 Å². The SMILES string of the molecule is CN1CCCC(N(C)CCC(=O)c2ccccc2Cl)C1. The van der Waals surface area contributed by atoms with Gasteiger partial charge in [-0.25, -0.2) is 0 Å². The molecule has 0 amide bonds. The first-order chi connectivity index (χ1) is 9.58. The summed E-state index contributed by atoms with van der Waals surface area (Å²) in [5.41, 5.74) is 0.642. The molecule has 1 saturated heterocycles. The maximum Gasteiger partial charge on any atom is 0.165 e. The predicted molar refractivity (Wildman–Crippen MR) is 83.5 cm³/mol. The fourth-order valence-corrected chi connectivity index (χ4v) is 3.02. The van der Waals surface area contributed by atoms with Gasteiger partial charge in [-0.2, -0.15) is 0 Å². The van der Waals surface area contributed by atoms with Gasteiger partial charge in [0.25, 0.3) is 0 Å². The smallest absolute Gasteiger partial charge is 0.165 e. The second-order valence-electron chi connectivity index (χ2n) is 5.69. The molecule has 1 fully saturated rings. The normalized spacial score (nSPS) is 20.3. The van der Waals surface area contributed by atoms with Crippen molar-refractivity contribution in [2.24, 2.45) is 0 Å². The monoisotopic (exact) mass is 294 g/mol. The maximum absolute atomic E-state index is 12.2. The number of rotatable bonds is 5. The summed E-state index contributed by atoms with van der Waals surface area (Å²) in [5.74, 6) is 0.131. The Balaban J connectivity index is 1.85. The lowest BCUT2D eigenvalue weighted by Crippen LogP contribution is -2.45. The molecule has 0 spiro atoms. The van der Waals surface area contributed by atoms with Crippen LogP contribution in [0, 0.1) is 0 Å². The average Bonchev–Trinajstić information content (AvgIpc) is 2.45. The Morgan fingerprint density at radius 2 is 2.20 bits per heavy atom. The number of hydrogen-bond acceptors (Lipinski definition) is 3. The molecule has 0 aliphatic carbocycles. The first-order valence-corrected chi connectivity index (χ1v) is 7.62. The van der Waals surface area contributed by atoms with Crippen molar-refractivity contribution in [1.29, 1.82) is 0 Å². The third kappa shape index (κ3) is 4.05. The predicted octanol–water partition coefficient (Wildman–Crippen LogP) is 2.94. The zero-order chi connectivity index (χ0) is 14.5. The van der Waals surface area contributed by atoms with Crippen molar-refractivity contribution >= 4 is 17.4 Å². The van der Waals surface area contributed by atoms with Crippen LogP contribution in [0.5, 0.6) is 0 Å². The van der Waals surface area contributed by atoms with Gasteiger partial charge in [-0.15, -0.1) is 0 Å². The molecule has 1 aliphatic rings. The maximum atomic E-state index is 12.2. The Bertz CT molecular complexity index is 464. The van der Waals surface area contributed by atoms with Gasteiger partial charge < -0.3 is 9.80 Å². The molecular formula is C16H23ClN2O. The fraction of sp³-hybridized carbons (Fsp3) is 0.562. The molecule has 0 bridgehead atoms. The van der Waals surface area contributed by atoms with Gasteiger partial charge in [0.1, 0.15) is 0 Å². The van der Waals surface area contributed by atoms with E-state index >= 15 is 0 Å². The summed E-state index contributed by atoms with van der Waals surface area (Å²) in [4.78, 5) is 16.9. The number of ketones is 1. The molecule has 1 aromatic carbocycles. The number of halogens is 1. The van der Waals surface area contributed by atoms with Crippen LogP contribution >= 0.6 is 11.6 Å². The largest absolute Gasteiger partial charge is 0.305 e. The van der Waals surface area contributed by atoms with Crippen molar-refractivity contribution in [3.63, 3.8) is 0 Å². The van der Waals surface area contributed by atoms with Crippen LogP contribution in [0.2, 0.25) is 5.02 Å². The van der Waals surface area contributed by atoms with Crippen LogP contribution in [0.4, 0.5) is 0 Å². The van der Waals surface area contributed by atoms with Crippen molar-refractivity contribution in [3.05, 3.63) is 34.9 Å². The van der Waals surface area contributed by atoms with Gasteiger partial charge in [-0.3, -0.25) is 4.79 Å². The Hall–Kier alpha value is -0.900. The lowest BCUT2D eigenvalue weighted by Gasteiger charge is -2.35. The van der Waals surface area contributed by atoms with Crippen LogP contribution in [-0.4, -0.2) is 55.4 Å². The minimum Gasteiger partial charge on any atom is -0.305 e. The summed E-state index contributed by atoms with van der Waals surface area (Å²) in [7, 11) is 4.28. The van der Waals surface area contributed by atoms with Gasteiger partial charge in [0.05, 0.1) is 5.02 Å². The highest BCUT2D eigenvalue weighted by Gasteiger charge is 2.21. The highest BCUT2D eigenvalue weighted by molar-refractivity contribution is 6.33. The van der Waals surface area contributed by atoms with Gasteiger partial charge in [0, 0.05) is 31.1 Å². The standard InChI is InChI=1S/C16H23ClN2O/c1-18-10-5-6-13(12-18)19(2)11-9-16(20)14-7-3-4-8-15(14)17/h3-4,7-8,13H,5-6,9-12H2,1-2H3. The van der Waals surface area contributed by atoms with E-state index in [1.807, 2.05) is 12.1 Å². The van der Waals surface area contributed by atoms with E-state index in [1.54, 1.807) is 12.1 Å². The summed E-state index contributed by atoms with van der Waals surface area (Å²) < 4.78 is 0. The molecule has 3 nitrogen and oxygen atoms in total. The van der Waals surface area contributed by atoms with Gasteiger partial charge in [0.15, 0.2) is 5.78 Å². The second-order valence-corrected chi connectivity index (χ2v) is 6.10. The summed E-state index contributed by atoms with van der Waals surface area (Å²) in [5, 5.41) is 0.553. The number of piperidine rings is 1. The Morgan fingerprint density at radius 1 is 1.45 bits per heavy atom. The van der Waals surface area contributed by atoms with E-state index in [0.29, 0.717) is 23.0 Å². The molecule has 0 aromatic heterocycles. The quantitative estimate of drug-likeness (QED) is 0.780. The van der Waals surface area contributed by atoms with Crippen molar-refractivity contribution in [1.82, 2.24) is 9.80 Å². The minimum absolute atomic E-state index is 0.131. The number of benzene rings is 1. The van der Waals surface area contributed by atoms with Crippen LogP contribution in [0.3, 0.4) is 0 Å². The number of Topliss-reactive ketones (excluding diaryl/α,β-unsaturated/α-hetero) is 1. The van der Waals surface area contributed by atoms with Crippen molar-refractivity contribution < 1.29 is 4.79 Å². The molecule has 1 unspecified atom stereocenters. The molecule has 0 radical (unpaired) electrons. The highest BCUT2D eigenvalue weighted by atomic mass is 35.5. The van der Waals surface area contributed by atoms with Crippen LogP contribution in [-0.2, 0) is 0 Å². The number of likely N-dealkylation sites (tertiary alicyclic amines) is 1. The van der Waals surface area contributed by atoms with Crippen LogP contribution in [0.25, 0.3) is 0 Å². The van der Waals surface area contributed by atoms with Crippen LogP contribution in [0.15, 0.2) is 24.3 Å². The van der Waals surface area contributed by atoms with E-state index in [9.17, 15) is 4.79 Å². The zero-order valence-electron chi connectivity index (χ0n) is 12.3. The Labute approximate surface area is 126 Å².